The van der Waals surface area contributed by atoms with E-state index in [9.17, 15) is 9.59 Å². The molecule has 0 saturated carbocycles. The van der Waals surface area contributed by atoms with Crippen LogP contribution in [0.4, 0.5) is 11.4 Å². The van der Waals surface area contributed by atoms with Crippen LogP contribution in [0.3, 0.4) is 0 Å². The summed E-state index contributed by atoms with van der Waals surface area (Å²) in [7, 11) is 0. The van der Waals surface area contributed by atoms with Crippen molar-refractivity contribution in [2.75, 3.05) is 23.8 Å². The molecule has 1 aliphatic rings. The van der Waals surface area contributed by atoms with E-state index in [1.54, 1.807) is 30.6 Å². The Kier molecular flexibility index (Phi) is 10.9. The molecular weight excluding hydrogens is 692 g/mol. The van der Waals surface area contributed by atoms with Crippen molar-refractivity contribution in [3.63, 3.8) is 0 Å². The number of hydrogen-bond donors (Lipinski definition) is 2. The van der Waals surface area contributed by atoms with Crippen molar-refractivity contribution in [1.82, 2.24) is 15.0 Å². The van der Waals surface area contributed by atoms with E-state index in [2.05, 4.69) is 72.9 Å². The minimum absolute atomic E-state index is 0.155. The van der Waals surface area contributed by atoms with Gasteiger partial charge in [0, 0.05) is 35.4 Å². The first-order chi connectivity index (χ1) is 24.4. The van der Waals surface area contributed by atoms with Crippen molar-refractivity contribution in [1.29, 1.82) is 0 Å². The quantitative estimate of drug-likeness (QED) is 0.105. The van der Waals surface area contributed by atoms with Crippen LogP contribution >= 0.6 is 15.9 Å². The number of pyridine rings is 2. The summed E-state index contributed by atoms with van der Waals surface area (Å²) in [6.07, 6.45) is 7.34. The van der Waals surface area contributed by atoms with Crippen LogP contribution in [0.1, 0.15) is 59.4 Å². The third-order valence-corrected chi connectivity index (χ3v) is 8.62. The molecule has 0 saturated heterocycles. The normalized spacial score (nSPS) is 13.4. The Morgan fingerprint density at radius 3 is 2.08 bits per heavy atom. The zero-order valence-corrected chi connectivity index (χ0v) is 29.4. The number of nitrogens with one attached hydrogen (secondary N) is 2. The highest BCUT2D eigenvalue weighted by atomic mass is 79.9. The van der Waals surface area contributed by atoms with Crippen LogP contribution in [0.5, 0.6) is 0 Å². The van der Waals surface area contributed by atoms with Crippen LogP contribution in [0.2, 0.25) is 0 Å². The molecule has 0 radical (unpaired) electrons. The van der Waals surface area contributed by atoms with Crippen LogP contribution in [0.25, 0.3) is 6.08 Å². The average molecular weight is 730 g/mol. The standard InChI is InChI=1S/C40H37BrN6O3/c1-3-20-47(50-4-2)39(49)28-21-35-36(22-29(25-43-35)38(48)44-34-24-33(41)26-42-27-34)45-37(23-28)46-40(30-14-8-5-9-15-30,31-16-10-6-11-17-31)32-18-12-7-13-19-32/h5-19,21-22,24-27H,3-4,20,23H2,1-2H3,(H,44,48)(H,45,46). The van der Waals surface area contributed by atoms with Gasteiger partial charge in [0.15, 0.2) is 0 Å². The smallest absolute Gasteiger partial charge is 0.273 e. The molecule has 50 heavy (non-hydrogen) atoms. The second-order valence-corrected chi connectivity index (χ2v) is 12.6. The number of amidine groups is 1. The highest BCUT2D eigenvalue weighted by molar-refractivity contribution is 9.10. The Balaban J connectivity index is 1.53. The molecule has 3 aromatic carbocycles. The fraction of sp³-hybridized carbons (Fsp3) is 0.175. The molecule has 5 aromatic rings. The van der Waals surface area contributed by atoms with E-state index in [1.165, 1.54) is 11.3 Å². The topological polar surface area (TPSA) is 109 Å². The molecule has 0 aliphatic carbocycles. The maximum absolute atomic E-state index is 14.1. The fourth-order valence-electron chi connectivity index (χ4n) is 5.98. The Hall–Kier alpha value is -5.45. The summed E-state index contributed by atoms with van der Waals surface area (Å²) in [4.78, 5) is 47.7. The van der Waals surface area contributed by atoms with Crippen molar-refractivity contribution in [3.05, 3.63) is 160 Å². The van der Waals surface area contributed by atoms with Crippen molar-refractivity contribution >= 4 is 51.0 Å². The lowest BCUT2D eigenvalue weighted by molar-refractivity contribution is -0.180. The largest absolute Gasteiger partial charge is 0.342 e. The molecule has 0 fully saturated rings. The number of aromatic nitrogens is 2. The third kappa shape index (κ3) is 7.56. The van der Waals surface area contributed by atoms with Crippen LogP contribution < -0.4 is 10.6 Å². The highest BCUT2D eigenvalue weighted by Gasteiger charge is 2.37. The van der Waals surface area contributed by atoms with Crippen LogP contribution in [0.15, 0.2) is 137 Å². The number of anilines is 2. The van der Waals surface area contributed by atoms with Gasteiger partial charge in [-0.2, -0.15) is 0 Å². The molecule has 9 nitrogen and oxygen atoms in total. The second-order valence-electron chi connectivity index (χ2n) is 11.7. The number of amides is 2. The lowest BCUT2D eigenvalue weighted by Crippen LogP contribution is -2.34. The van der Waals surface area contributed by atoms with Crippen molar-refractivity contribution in [3.8, 4) is 0 Å². The number of aliphatic imine (C=N–C) groups is 1. The van der Waals surface area contributed by atoms with Crippen molar-refractivity contribution in [2.24, 2.45) is 4.99 Å². The van der Waals surface area contributed by atoms with Gasteiger partial charge in [-0.05, 0) is 64.2 Å². The fourth-order valence-corrected chi connectivity index (χ4v) is 6.34. The Labute approximate surface area is 300 Å². The summed E-state index contributed by atoms with van der Waals surface area (Å²) in [5.41, 5.74) is 4.18. The van der Waals surface area contributed by atoms with Gasteiger partial charge in [-0.3, -0.25) is 29.4 Å². The lowest BCUT2D eigenvalue weighted by Gasteiger charge is -2.33. The molecule has 0 spiro atoms. The molecule has 3 heterocycles. The van der Waals surface area contributed by atoms with Crippen molar-refractivity contribution in [2.45, 2.75) is 32.2 Å². The molecular formula is C40H37BrN6O3. The summed E-state index contributed by atoms with van der Waals surface area (Å²) in [6, 6.07) is 33.8. The maximum atomic E-state index is 14.1. The molecule has 2 aromatic heterocycles. The van der Waals surface area contributed by atoms with Gasteiger partial charge in [0.25, 0.3) is 11.8 Å². The van der Waals surface area contributed by atoms with Gasteiger partial charge in [-0.1, -0.05) is 97.9 Å². The van der Waals surface area contributed by atoms with E-state index in [1.807, 2.05) is 68.4 Å². The van der Waals surface area contributed by atoms with Gasteiger partial charge in [0.1, 0.15) is 11.4 Å². The lowest BCUT2D eigenvalue weighted by atomic mass is 9.77. The maximum Gasteiger partial charge on any atom is 0.273 e. The SMILES string of the molecule is CCCN(OCC)C(=O)C1=Cc2ncc(C(=O)Nc3cncc(Br)c3)cc2NC(=NC(c2ccccc2)(c2ccccc2)c2ccccc2)C1. The predicted octanol–water partition coefficient (Wildman–Crippen LogP) is 8.27. The highest BCUT2D eigenvalue weighted by Crippen LogP contribution is 2.41. The van der Waals surface area contributed by atoms with Crippen LogP contribution in [0, 0.1) is 0 Å². The summed E-state index contributed by atoms with van der Waals surface area (Å²) in [5, 5.41) is 7.79. The molecule has 0 unspecified atom stereocenters. The molecule has 6 rings (SSSR count). The van der Waals surface area contributed by atoms with E-state index in [-0.39, 0.29) is 18.2 Å². The molecule has 1 aliphatic heterocycles. The monoisotopic (exact) mass is 728 g/mol. The minimum atomic E-state index is -0.996. The number of carbonyl (C=O) groups is 2. The number of halogens is 1. The molecule has 2 amide bonds. The van der Waals surface area contributed by atoms with Gasteiger partial charge < -0.3 is 10.6 Å². The summed E-state index contributed by atoms with van der Waals surface area (Å²) >= 11 is 3.40. The Bertz CT molecular complexity index is 1920. The minimum Gasteiger partial charge on any atom is -0.342 e. The van der Waals surface area contributed by atoms with Gasteiger partial charge in [-0.15, -0.1) is 0 Å². The predicted molar refractivity (Wildman–Crippen MR) is 201 cm³/mol. The Morgan fingerprint density at radius 2 is 1.52 bits per heavy atom. The molecule has 2 N–H and O–H groups in total. The molecule has 10 heteroatoms. The number of nitrogens with zero attached hydrogens (tertiary/aromatic N) is 4. The number of hydrogen-bond acceptors (Lipinski definition) is 6. The third-order valence-electron chi connectivity index (χ3n) is 8.18. The van der Waals surface area contributed by atoms with E-state index < -0.39 is 5.54 Å². The molecule has 0 atom stereocenters. The van der Waals surface area contributed by atoms with E-state index in [0.29, 0.717) is 47.2 Å². The first kappa shape index (κ1) is 34.4. The van der Waals surface area contributed by atoms with Gasteiger partial charge in [-0.25, -0.2) is 5.06 Å². The van der Waals surface area contributed by atoms with E-state index >= 15 is 0 Å². The zero-order valence-electron chi connectivity index (χ0n) is 27.8. The molecule has 0 bridgehead atoms. The van der Waals surface area contributed by atoms with Crippen molar-refractivity contribution < 1.29 is 14.4 Å². The molecule has 252 valence electrons. The summed E-state index contributed by atoms with van der Waals surface area (Å²) in [6.45, 7) is 4.62. The summed E-state index contributed by atoms with van der Waals surface area (Å²) < 4.78 is 0.739. The first-order valence-corrected chi connectivity index (χ1v) is 17.3. The van der Waals surface area contributed by atoms with E-state index in [4.69, 9.17) is 9.83 Å². The summed E-state index contributed by atoms with van der Waals surface area (Å²) in [5.74, 6) is -0.113. The van der Waals surface area contributed by atoms with E-state index in [0.717, 1.165) is 27.6 Å². The average Bonchev–Trinajstić information content (AvgIpc) is 3.33. The number of benzene rings is 3. The van der Waals surface area contributed by atoms with Gasteiger partial charge >= 0.3 is 0 Å². The number of rotatable bonds is 11. The van der Waals surface area contributed by atoms with Gasteiger partial charge in [0.05, 0.1) is 35.4 Å². The first-order valence-electron chi connectivity index (χ1n) is 16.5. The van der Waals surface area contributed by atoms with Crippen LogP contribution in [-0.2, 0) is 15.2 Å². The Morgan fingerprint density at radius 1 is 0.900 bits per heavy atom. The number of hydroxylamine groups is 2. The number of carbonyl (C=O) groups excluding carboxylic acids is 2. The van der Waals surface area contributed by atoms with Crippen LogP contribution in [-0.4, -0.2) is 45.8 Å². The number of fused-ring (bicyclic) bond motifs is 1. The zero-order chi connectivity index (χ0) is 34.9. The second kappa shape index (κ2) is 15.8. The van der Waals surface area contributed by atoms with Gasteiger partial charge in [0.2, 0.25) is 0 Å².